The maximum absolute atomic E-state index is 12.7. The second-order valence-corrected chi connectivity index (χ2v) is 6.45. The Labute approximate surface area is 146 Å². The molecule has 0 saturated heterocycles. The number of ether oxygens (including phenoxy) is 1. The summed E-state index contributed by atoms with van der Waals surface area (Å²) in [7, 11) is 0. The van der Waals surface area contributed by atoms with E-state index in [1.807, 2.05) is 38.1 Å². The topological polar surface area (TPSA) is 71.5 Å². The van der Waals surface area contributed by atoms with E-state index in [2.05, 4.69) is 10.3 Å². The number of carbonyl (C=O) groups is 2. The van der Waals surface area contributed by atoms with Gasteiger partial charge in [-0.3, -0.25) is 9.78 Å². The van der Waals surface area contributed by atoms with Crippen LogP contribution in [0.1, 0.15) is 30.6 Å². The number of aromatic nitrogens is 1. The molecule has 0 radical (unpaired) electrons. The third-order valence-electron chi connectivity index (χ3n) is 4.10. The summed E-state index contributed by atoms with van der Waals surface area (Å²) in [4.78, 5) is 30.3. The van der Waals surface area contributed by atoms with Gasteiger partial charge >= 0.3 is 5.97 Å². The highest BCUT2D eigenvalue weighted by Gasteiger charge is 2.38. The zero-order chi connectivity index (χ0) is 17.9. The molecule has 1 aromatic carbocycles. The molecule has 25 heavy (non-hydrogen) atoms. The van der Waals surface area contributed by atoms with Crippen molar-refractivity contribution in [2.24, 2.45) is 0 Å². The minimum atomic E-state index is -0.665. The van der Waals surface area contributed by atoms with E-state index in [1.54, 1.807) is 29.4 Å². The number of nitrogens with one attached hydrogen (secondary N) is 1. The van der Waals surface area contributed by atoms with E-state index in [1.165, 1.54) is 0 Å². The van der Waals surface area contributed by atoms with Crippen LogP contribution in [-0.4, -0.2) is 35.6 Å². The van der Waals surface area contributed by atoms with Gasteiger partial charge in [-0.15, -0.1) is 0 Å². The van der Waals surface area contributed by atoms with Crippen LogP contribution in [-0.2, 0) is 9.53 Å². The second-order valence-electron chi connectivity index (χ2n) is 6.45. The maximum Gasteiger partial charge on any atom is 0.338 e. The van der Waals surface area contributed by atoms with E-state index in [4.69, 9.17) is 4.74 Å². The summed E-state index contributed by atoms with van der Waals surface area (Å²) in [5.41, 5.74) is 1.59. The van der Waals surface area contributed by atoms with Crippen molar-refractivity contribution in [1.29, 1.82) is 0 Å². The third kappa shape index (κ3) is 3.63. The molecule has 1 aromatic heterocycles. The Morgan fingerprint density at radius 1 is 1.20 bits per heavy atom. The minimum absolute atomic E-state index is 0.00617. The molecule has 2 aromatic rings. The lowest BCUT2D eigenvalue weighted by atomic mass is 9.98. The van der Waals surface area contributed by atoms with Gasteiger partial charge in [-0.25, -0.2) is 4.79 Å². The van der Waals surface area contributed by atoms with Crippen molar-refractivity contribution in [3.05, 3.63) is 54.4 Å². The summed E-state index contributed by atoms with van der Waals surface area (Å²) >= 11 is 0. The standard InChI is InChI=1S/C19H21N3O3/c1-19(2)18(24)22(16-7-4-3-6-15(16)21-19)12-5-13-25-17(23)14-8-10-20-11-9-14/h3-4,6-11,21H,5,12-13H2,1-2H3. The molecule has 1 aliphatic rings. The van der Waals surface area contributed by atoms with Crippen LogP contribution in [0.5, 0.6) is 0 Å². The predicted octanol–water partition coefficient (Wildman–Crippen LogP) is 2.87. The van der Waals surface area contributed by atoms with Crippen LogP contribution < -0.4 is 10.2 Å². The van der Waals surface area contributed by atoms with Gasteiger partial charge in [-0.2, -0.15) is 0 Å². The van der Waals surface area contributed by atoms with Gasteiger partial charge < -0.3 is 15.0 Å². The number of pyridine rings is 1. The Morgan fingerprint density at radius 2 is 1.92 bits per heavy atom. The summed E-state index contributed by atoms with van der Waals surface area (Å²) in [6, 6.07) is 10.9. The van der Waals surface area contributed by atoms with Crippen molar-refractivity contribution >= 4 is 23.3 Å². The number of para-hydroxylation sites is 2. The fraction of sp³-hybridized carbons (Fsp3) is 0.316. The summed E-state index contributed by atoms with van der Waals surface area (Å²) in [6.45, 7) is 4.47. The molecule has 0 unspecified atom stereocenters. The molecule has 6 nitrogen and oxygen atoms in total. The predicted molar refractivity (Wildman–Crippen MR) is 95.6 cm³/mol. The smallest absolute Gasteiger partial charge is 0.338 e. The molecule has 0 fully saturated rings. The molecular weight excluding hydrogens is 318 g/mol. The highest BCUT2D eigenvalue weighted by Crippen LogP contribution is 2.34. The van der Waals surface area contributed by atoms with Crippen molar-refractivity contribution in [3.8, 4) is 0 Å². The molecule has 0 spiro atoms. The molecule has 0 bridgehead atoms. The number of amides is 1. The lowest BCUT2D eigenvalue weighted by molar-refractivity contribution is -0.122. The first-order valence-electron chi connectivity index (χ1n) is 8.25. The highest BCUT2D eigenvalue weighted by molar-refractivity contribution is 6.07. The minimum Gasteiger partial charge on any atom is -0.462 e. The van der Waals surface area contributed by atoms with Gasteiger partial charge in [0.1, 0.15) is 5.54 Å². The number of fused-ring (bicyclic) bond motifs is 1. The van der Waals surface area contributed by atoms with Crippen molar-refractivity contribution in [3.63, 3.8) is 0 Å². The van der Waals surface area contributed by atoms with E-state index >= 15 is 0 Å². The quantitative estimate of drug-likeness (QED) is 0.670. The molecule has 3 rings (SSSR count). The van der Waals surface area contributed by atoms with E-state index in [0.717, 1.165) is 11.4 Å². The number of rotatable bonds is 5. The Balaban J connectivity index is 1.61. The maximum atomic E-state index is 12.7. The first-order valence-corrected chi connectivity index (χ1v) is 8.25. The van der Waals surface area contributed by atoms with E-state index in [9.17, 15) is 9.59 Å². The Bertz CT molecular complexity index is 774. The fourth-order valence-corrected chi connectivity index (χ4v) is 2.83. The lowest BCUT2D eigenvalue weighted by Crippen LogP contribution is -2.54. The van der Waals surface area contributed by atoms with Crippen molar-refractivity contribution in [2.45, 2.75) is 25.8 Å². The summed E-state index contributed by atoms with van der Waals surface area (Å²) < 4.78 is 5.27. The van der Waals surface area contributed by atoms with E-state index in [-0.39, 0.29) is 18.5 Å². The van der Waals surface area contributed by atoms with Crippen LogP contribution in [0.2, 0.25) is 0 Å². The SMILES string of the molecule is CC1(C)Nc2ccccc2N(CCCOC(=O)c2ccncc2)C1=O. The molecule has 1 amide bonds. The molecule has 2 heterocycles. The molecule has 6 heteroatoms. The van der Waals surface area contributed by atoms with Gasteiger partial charge in [0.2, 0.25) is 0 Å². The highest BCUT2D eigenvalue weighted by atomic mass is 16.5. The number of esters is 1. The number of benzene rings is 1. The van der Waals surface area contributed by atoms with Crippen LogP contribution in [0.3, 0.4) is 0 Å². The van der Waals surface area contributed by atoms with Gasteiger partial charge in [-0.05, 0) is 44.5 Å². The zero-order valence-corrected chi connectivity index (χ0v) is 14.4. The third-order valence-corrected chi connectivity index (χ3v) is 4.10. The van der Waals surface area contributed by atoms with Crippen LogP contribution in [0, 0.1) is 0 Å². The molecule has 0 saturated carbocycles. The van der Waals surface area contributed by atoms with Crippen molar-refractivity contribution < 1.29 is 14.3 Å². The van der Waals surface area contributed by atoms with E-state index in [0.29, 0.717) is 18.5 Å². The molecule has 1 N–H and O–H groups in total. The van der Waals surface area contributed by atoms with Crippen molar-refractivity contribution in [1.82, 2.24) is 4.98 Å². The van der Waals surface area contributed by atoms with Gasteiger partial charge in [0.05, 0.1) is 23.5 Å². The summed E-state index contributed by atoms with van der Waals surface area (Å²) in [5.74, 6) is -0.374. The first-order chi connectivity index (χ1) is 12.0. The van der Waals surface area contributed by atoms with E-state index < -0.39 is 5.54 Å². The Hall–Kier alpha value is -2.89. The number of hydrogen-bond donors (Lipinski definition) is 1. The average Bonchev–Trinajstić information content (AvgIpc) is 2.61. The zero-order valence-electron chi connectivity index (χ0n) is 14.4. The number of carbonyl (C=O) groups excluding carboxylic acids is 2. The molecule has 130 valence electrons. The Kier molecular flexibility index (Phi) is 4.70. The Morgan fingerprint density at radius 3 is 2.68 bits per heavy atom. The van der Waals surface area contributed by atoms with Gasteiger partial charge in [-0.1, -0.05) is 12.1 Å². The number of nitrogens with zero attached hydrogens (tertiary/aromatic N) is 2. The number of hydrogen-bond acceptors (Lipinski definition) is 5. The van der Waals surface area contributed by atoms with Gasteiger partial charge in [0.15, 0.2) is 0 Å². The summed E-state index contributed by atoms with van der Waals surface area (Å²) in [5, 5.41) is 3.26. The second kappa shape index (κ2) is 6.93. The van der Waals surface area contributed by atoms with Gasteiger partial charge in [0.25, 0.3) is 5.91 Å². The normalized spacial score (nSPS) is 15.3. The molecule has 0 atom stereocenters. The average molecular weight is 339 g/mol. The van der Waals surface area contributed by atoms with Crippen molar-refractivity contribution in [2.75, 3.05) is 23.4 Å². The van der Waals surface area contributed by atoms with Crippen LogP contribution >= 0.6 is 0 Å². The molecular formula is C19H21N3O3. The first kappa shape index (κ1) is 17.0. The summed E-state index contributed by atoms with van der Waals surface area (Å²) in [6.07, 6.45) is 3.66. The van der Waals surface area contributed by atoms with Crippen LogP contribution in [0.4, 0.5) is 11.4 Å². The van der Waals surface area contributed by atoms with Gasteiger partial charge in [0, 0.05) is 18.9 Å². The fourth-order valence-electron chi connectivity index (χ4n) is 2.83. The van der Waals surface area contributed by atoms with Crippen LogP contribution in [0.25, 0.3) is 0 Å². The lowest BCUT2D eigenvalue weighted by Gasteiger charge is -2.39. The van der Waals surface area contributed by atoms with Crippen LogP contribution in [0.15, 0.2) is 48.8 Å². The largest absolute Gasteiger partial charge is 0.462 e. The monoisotopic (exact) mass is 339 g/mol. The molecule has 0 aliphatic carbocycles. The number of anilines is 2. The molecule has 1 aliphatic heterocycles.